The summed E-state index contributed by atoms with van der Waals surface area (Å²) in [5.41, 5.74) is 0. The van der Waals surface area contributed by atoms with E-state index in [1.165, 1.54) is 6.07 Å². The largest absolute Gasteiger partial charge is 0.489 e. The molecule has 0 unspecified atom stereocenters. The van der Waals surface area contributed by atoms with E-state index in [0.717, 1.165) is 37.2 Å². The normalized spacial score (nSPS) is 17.1. The van der Waals surface area contributed by atoms with Crippen LogP contribution < -0.4 is 10.1 Å². The zero-order chi connectivity index (χ0) is 12.1. The molecule has 1 aliphatic rings. The highest BCUT2D eigenvalue weighted by Gasteiger charge is 2.09. The van der Waals surface area contributed by atoms with E-state index in [9.17, 15) is 4.39 Å². The van der Waals surface area contributed by atoms with Gasteiger partial charge in [-0.25, -0.2) is 4.39 Å². The van der Waals surface area contributed by atoms with Gasteiger partial charge in [-0.2, -0.15) is 0 Å². The molecule has 1 aromatic carbocycles. The number of rotatable bonds is 4. The summed E-state index contributed by atoms with van der Waals surface area (Å²) in [5, 5.41) is 3.29. The van der Waals surface area contributed by atoms with Crippen molar-refractivity contribution in [2.75, 3.05) is 39.3 Å². The monoisotopic (exact) mass is 302 g/mol. The molecule has 0 radical (unpaired) electrons. The maximum atomic E-state index is 13.4. The SMILES string of the molecule is Fc1cc(Br)ccc1OCCN1CCNCC1. The number of nitrogens with zero attached hydrogens (tertiary/aromatic N) is 1. The fourth-order valence-corrected chi connectivity index (χ4v) is 2.14. The molecule has 1 aliphatic heterocycles. The Morgan fingerprint density at radius 3 is 2.82 bits per heavy atom. The number of nitrogens with one attached hydrogen (secondary N) is 1. The molecule has 0 bridgehead atoms. The molecule has 0 amide bonds. The van der Waals surface area contributed by atoms with Crippen molar-refractivity contribution in [3.05, 3.63) is 28.5 Å². The van der Waals surface area contributed by atoms with Crippen LogP contribution in [-0.2, 0) is 0 Å². The van der Waals surface area contributed by atoms with Gasteiger partial charge in [-0.15, -0.1) is 0 Å². The second-order valence-corrected chi connectivity index (χ2v) is 4.93. The van der Waals surface area contributed by atoms with Crippen LogP contribution in [0, 0.1) is 5.82 Å². The summed E-state index contributed by atoms with van der Waals surface area (Å²) in [6.45, 7) is 5.48. The Kier molecular flexibility index (Phi) is 4.76. The molecule has 1 saturated heterocycles. The van der Waals surface area contributed by atoms with E-state index in [1.54, 1.807) is 12.1 Å². The van der Waals surface area contributed by atoms with E-state index < -0.39 is 0 Å². The highest BCUT2D eigenvalue weighted by atomic mass is 79.9. The van der Waals surface area contributed by atoms with Crippen molar-refractivity contribution >= 4 is 15.9 Å². The van der Waals surface area contributed by atoms with Gasteiger partial charge in [0.1, 0.15) is 6.61 Å². The first-order chi connectivity index (χ1) is 8.25. The van der Waals surface area contributed by atoms with E-state index in [4.69, 9.17) is 4.74 Å². The van der Waals surface area contributed by atoms with Crippen molar-refractivity contribution in [3.63, 3.8) is 0 Å². The standard InChI is InChI=1S/C12H16BrFN2O/c13-10-1-2-12(11(14)9-10)17-8-7-16-5-3-15-4-6-16/h1-2,9,15H,3-8H2. The quantitative estimate of drug-likeness (QED) is 0.919. The first kappa shape index (κ1) is 12.8. The molecule has 0 saturated carbocycles. The zero-order valence-corrected chi connectivity index (χ0v) is 11.2. The first-order valence-electron chi connectivity index (χ1n) is 5.76. The van der Waals surface area contributed by atoms with Gasteiger partial charge in [0, 0.05) is 37.2 Å². The van der Waals surface area contributed by atoms with Crippen LogP contribution >= 0.6 is 15.9 Å². The predicted octanol–water partition coefficient (Wildman–Crippen LogP) is 1.87. The highest BCUT2D eigenvalue weighted by Crippen LogP contribution is 2.21. The van der Waals surface area contributed by atoms with Crippen molar-refractivity contribution in [1.29, 1.82) is 0 Å². The minimum absolute atomic E-state index is 0.320. The third-order valence-electron chi connectivity index (χ3n) is 2.77. The molecule has 0 aromatic heterocycles. The average molecular weight is 303 g/mol. The van der Waals surface area contributed by atoms with Gasteiger partial charge in [-0.05, 0) is 18.2 Å². The zero-order valence-electron chi connectivity index (χ0n) is 9.59. The van der Waals surface area contributed by atoms with Crippen molar-refractivity contribution in [2.45, 2.75) is 0 Å². The minimum atomic E-state index is -0.320. The molecule has 0 aliphatic carbocycles. The second kappa shape index (κ2) is 6.33. The second-order valence-electron chi connectivity index (χ2n) is 4.01. The average Bonchev–Trinajstić information content (AvgIpc) is 2.33. The number of hydrogen-bond donors (Lipinski definition) is 1. The summed E-state index contributed by atoms with van der Waals surface area (Å²) in [5.74, 6) is 0.00280. The minimum Gasteiger partial charge on any atom is -0.489 e. The Hall–Kier alpha value is -0.650. The van der Waals surface area contributed by atoms with Crippen LogP contribution in [0.3, 0.4) is 0 Å². The predicted molar refractivity (Wildman–Crippen MR) is 68.9 cm³/mol. The van der Waals surface area contributed by atoms with Crippen LogP contribution in [0.15, 0.2) is 22.7 Å². The molecule has 1 N–H and O–H groups in total. The van der Waals surface area contributed by atoms with Crippen LogP contribution in [0.25, 0.3) is 0 Å². The molecule has 1 heterocycles. The van der Waals surface area contributed by atoms with E-state index >= 15 is 0 Å². The fourth-order valence-electron chi connectivity index (χ4n) is 1.81. The van der Waals surface area contributed by atoms with Gasteiger partial charge in [0.05, 0.1) is 0 Å². The molecule has 3 nitrogen and oxygen atoms in total. The van der Waals surface area contributed by atoms with E-state index in [2.05, 4.69) is 26.1 Å². The van der Waals surface area contributed by atoms with Crippen LogP contribution in [-0.4, -0.2) is 44.2 Å². The lowest BCUT2D eigenvalue weighted by atomic mass is 10.3. The Morgan fingerprint density at radius 2 is 2.12 bits per heavy atom. The van der Waals surface area contributed by atoms with Crippen molar-refractivity contribution < 1.29 is 9.13 Å². The summed E-state index contributed by atoms with van der Waals surface area (Å²) >= 11 is 3.22. The molecule has 5 heteroatoms. The van der Waals surface area contributed by atoms with Crippen LogP contribution in [0.5, 0.6) is 5.75 Å². The first-order valence-corrected chi connectivity index (χ1v) is 6.56. The molecule has 0 spiro atoms. The van der Waals surface area contributed by atoms with Gasteiger partial charge in [0.2, 0.25) is 0 Å². The molecule has 1 fully saturated rings. The summed E-state index contributed by atoms with van der Waals surface area (Å²) < 4.78 is 19.6. The van der Waals surface area contributed by atoms with Crippen molar-refractivity contribution in [3.8, 4) is 5.75 Å². The Labute approximate surface area is 109 Å². The molecule has 1 aromatic rings. The number of piperazine rings is 1. The summed E-state index contributed by atoms with van der Waals surface area (Å²) in [6.07, 6.45) is 0. The van der Waals surface area contributed by atoms with Gasteiger partial charge >= 0.3 is 0 Å². The maximum Gasteiger partial charge on any atom is 0.166 e. The summed E-state index contributed by atoms with van der Waals surface area (Å²) in [4.78, 5) is 2.31. The summed E-state index contributed by atoms with van der Waals surface area (Å²) in [7, 11) is 0. The van der Waals surface area contributed by atoms with Gasteiger partial charge in [0.25, 0.3) is 0 Å². The number of ether oxygens (including phenoxy) is 1. The van der Waals surface area contributed by atoms with Crippen molar-refractivity contribution in [1.82, 2.24) is 10.2 Å². The lowest BCUT2D eigenvalue weighted by Gasteiger charge is -2.26. The lowest BCUT2D eigenvalue weighted by Crippen LogP contribution is -2.44. The van der Waals surface area contributed by atoms with Gasteiger partial charge in [0.15, 0.2) is 11.6 Å². The number of hydrogen-bond acceptors (Lipinski definition) is 3. The number of benzene rings is 1. The van der Waals surface area contributed by atoms with Gasteiger partial charge in [-0.3, -0.25) is 4.90 Å². The molecule has 0 atom stereocenters. The summed E-state index contributed by atoms with van der Waals surface area (Å²) in [6, 6.07) is 4.85. The van der Waals surface area contributed by atoms with Gasteiger partial charge < -0.3 is 10.1 Å². The van der Waals surface area contributed by atoms with E-state index in [1.807, 2.05) is 0 Å². The molecule has 17 heavy (non-hydrogen) atoms. The Bertz CT molecular complexity index is 370. The topological polar surface area (TPSA) is 24.5 Å². The number of halogens is 2. The lowest BCUT2D eigenvalue weighted by molar-refractivity contribution is 0.188. The van der Waals surface area contributed by atoms with Gasteiger partial charge in [-0.1, -0.05) is 15.9 Å². The van der Waals surface area contributed by atoms with Crippen LogP contribution in [0.4, 0.5) is 4.39 Å². The van der Waals surface area contributed by atoms with Crippen LogP contribution in [0.2, 0.25) is 0 Å². The molecular formula is C12H16BrFN2O. The third-order valence-corrected chi connectivity index (χ3v) is 3.26. The maximum absolute atomic E-state index is 13.4. The molecule has 2 rings (SSSR count). The Morgan fingerprint density at radius 1 is 1.35 bits per heavy atom. The fraction of sp³-hybridized carbons (Fsp3) is 0.500. The third kappa shape index (κ3) is 3.94. The van der Waals surface area contributed by atoms with Crippen LogP contribution in [0.1, 0.15) is 0 Å². The smallest absolute Gasteiger partial charge is 0.166 e. The molecular weight excluding hydrogens is 287 g/mol. The van der Waals surface area contributed by atoms with Crippen molar-refractivity contribution in [2.24, 2.45) is 0 Å². The Balaban J connectivity index is 1.77. The highest BCUT2D eigenvalue weighted by molar-refractivity contribution is 9.10. The van der Waals surface area contributed by atoms with E-state index in [-0.39, 0.29) is 5.82 Å². The van der Waals surface area contributed by atoms with E-state index in [0.29, 0.717) is 12.4 Å². The molecule has 94 valence electrons.